The highest BCUT2D eigenvalue weighted by atomic mass is 16.3. The molecule has 41 valence electrons. The predicted octanol–water partition coefficient (Wildman–Crippen LogP) is -0.942. The van der Waals surface area contributed by atoms with E-state index >= 15 is 0 Å². The van der Waals surface area contributed by atoms with Crippen molar-refractivity contribution in [3.63, 3.8) is 0 Å². The van der Waals surface area contributed by atoms with Gasteiger partial charge in [0.05, 0.1) is 12.5 Å². The van der Waals surface area contributed by atoms with E-state index < -0.39 is 5.91 Å². The van der Waals surface area contributed by atoms with Gasteiger partial charge in [0.2, 0.25) is 5.91 Å². The number of rotatable bonds is 2. The minimum atomic E-state index is -0.539. The fourth-order valence-corrected chi connectivity index (χ4v) is 0.0779. The van der Waals surface area contributed by atoms with E-state index in [1.54, 1.807) is 0 Å². The summed E-state index contributed by atoms with van der Waals surface area (Å²) in [4.78, 5) is 9.96. The lowest BCUT2D eigenvalue weighted by Crippen LogP contribution is -2.21. The highest BCUT2D eigenvalue weighted by molar-refractivity contribution is 5.87. The Labute approximate surface area is 42.1 Å². The number of nitrogens with two attached hydrogens (primary N) is 1. The summed E-state index contributed by atoms with van der Waals surface area (Å²) in [5.41, 5.74) is 4.71. The molecule has 1 radical (unpaired) electrons. The Balaban J connectivity index is 3.34. The zero-order valence-corrected chi connectivity index (χ0v) is 4.14. The molecule has 0 bridgehead atoms. The molecule has 7 heavy (non-hydrogen) atoms. The largest absolute Gasteiger partial charge is 0.395 e. The van der Waals surface area contributed by atoms with E-state index in [0.717, 1.165) is 0 Å². The maximum atomic E-state index is 9.96. The van der Waals surface area contributed by atoms with Crippen molar-refractivity contribution in [1.29, 1.82) is 0 Å². The lowest BCUT2D eigenvalue weighted by Gasteiger charge is -1.96. The molecule has 0 aromatic heterocycles. The van der Waals surface area contributed by atoms with Crippen LogP contribution in [0, 0.1) is 5.92 Å². The molecule has 0 aliphatic heterocycles. The Morgan fingerprint density at radius 1 is 1.86 bits per heavy atom. The van der Waals surface area contributed by atoms with Gasteiger partial charge in [0.1, 0.15) is 0 Å². The Bertz CT molecular complexity index is 72.1. The van der Waals surface area contributed by atoms with E-state index in [1.165, 1.54) is 6.92 Å². The smallest absolute Gasteiger partial charge is 0.226 e. The predicted molar refractivity (Wildman–Crippen MR) is 25.2 cm³/mol. The number of amides is 1. The third kappa shape index (κ3) is 2.17. The van der Waals surface area contributed by atoms with Crippen molar-refractivity contribution < 1.29 is 9.90 Å². The maximum absolute atomic E-state index is 9.96. The van der Waals surface area contributed by atoms with Gasteiger partial charge >= 0.3 is 0 Å². The topological polar surface area (TPSA) is 63.3 Å². The Morgan fingerprint density at radius 3 is 2.29 bits per heavy atom. The molecule has 0 aromatic rings. The van der Waals surface area contributed by atoms with Crippen LogP contribution in [0.4, 0.5) is 0 Å². The van der Waals surface area contributed by atoms with Gasteiger partial charge in [-0.25, -0.2) is 0 Å². The monoisotopic (exact) mass is 102 g/mol. The molecule has 3 nitrogen and oxygen atoms in total. The second kappa shape index (κ2) is 2.58. The second-order valence-electron chi connectivity index (χ2n) is 1.30. The van der Waals surface area contributed by atoms with Crippen LogP contribution in [0.1, 0.15) is 6.92 Å². The van der Waals surface area contributed by atoms with E-state index in [1.807, 2.05) is 0 Å². The van der Waals surface area contributed by atoms with Crippen molar-refractivity contribution in [2.24, 2.45) is 5.73 Å². The van der Waals surface area contributed by atoms with Crippen LogP contribution < -0.4 is 5.73 Å². The van der Waals surface area contributed by atoms with Crippen LogP contribution >= 0.6 is 0 Å². The first-order valence-electron chi connectivity index (χ1n) is 1.91. The molecule has 0 aliphatic rings. The van der Waals surface area contributed by atoms with E-state index in [0.29, 0.717) is 5.92 Å². The highest BCUT2D eigenvalue weighted by Crippen LogP contribution is 1.90. The van der Waals surface area contributed by atoms with Gasteiger partial charge in [-0.05, 0) is 6.92 Å². The average Bonchev–Trinajstić information content (AvgIpc) is 1.65. The average molecular weight is 102 g/mol. The van der Waals surface area contributed by atoms with Crippen molar-refractivity contribution in [1.82, 2.24) is 0 Å². The van der Waals surface area contributed by atoms with Gasteiger partial charge in [0.25, 0.3) is 0 Å². The number of carbonyl (C=O) groups is 1. The Kier molecular flexibility index (Phi) is 2.37. The van der Waals surface area contributed by atoms with Crippen LogP contribution in [0.2, 0.25) is 0 Å². The van der Waals surface area contributed by atoms with Crippen LogP contribution in [0.15, 0.2) is 0 Å². The van der Waals surface area contributed by atoms with Crippen LogP contribution in [0.5, 0.6) is 0 Å². The summed E-state index contributed by atoms with van der Waals surface area (Å²) < 4.78 is 0. The normalized spacial score (nSPS) is 9.57. The van der Waals surface area contributed by atoms with Crippen LogP contribution in [0.25, 0.3) is 0 Å². The van der Waals surface area contributed by atoms with Gasteiger partial charge in [-0.15, -0.1) is 0 Å². The first kappa shape index (κ1) is 6.43. The summed E-state index contributed by atoms with van der Waals surface area (Å²) in [6.45, 7) is 1.25. The van der Waals surface area contributed by atoms with Gasteiger partial charge in [-0.3, -0.25) is 4.79 Å². The van der Waals surface area contributed by atoms with Crippen LogP contribution in [0.3, 0.4) is 0 Å². The molecule has 0 spiro atoms. The lowest BCUT2D eigenvalue weighted by molar-refractivity contribution is -0.116. The number of aliphatic hydroxyl groups is 1. The number of primary amides is 1. The summed E-state index contributed by atoms with van der Waals surface area (Å²) in [5.74, 6) is -0.248. The fourth-order valence-electron chi connectivity index (χ4n) is 0.0779. The first-order chi connectivity index (χ1) is 3.18. The minimum absolute atomic E-state index is 0.241. The Morgan fingerprint density at radius 2 is 2.29 bits per heavy atom. The van der Waals surface area contributed by atoms with Gasteiger partial charge in [-0.2, -0.15) is 0 Å². The first-order valence-corrected chi connectivity index (χ1v) is 1.91. The van der Waals surface area contributed by atoms with Crippen molar-refractivity contribution in [2.75, 3.05) is 6.61 Å². The molecule has 0 heterocycles. The van der Waals surface area contributed by atoms with E-state index in [9.17, 15) is 4.79 Å². The zero-order chi connectivity index (χ0) is 5.86. The number of hydrogen-bond acceptors (Lipinski definition) is 2. The maximum Gasteiger partial charge on any atom is 0.226 e. The van der Waals surface area contributed by atoms with E-state index in [-0.39, 0.29) is 6.61 Å². The molecule has 0 saturated heterocycles. The minimum Gasteiger partial charge on any atom is -0.395 e. The molecular formula is C4H8NO2. The van der Waals surface area contributed by atoms with Gasteiger partial charge in [0, 0.05) is 0 Å². The third-order valence-corrected chi connectivity index (χ3v) is 0.658. The third-order valence-electron chi connectivity index (χ3n) is 0.658. The van der Waals surface area contributed by atoms with E-state index in [2.05, 4.69) is 0 Å². The van der Waals surface area contributed by atoms with Gasteiger partial charge < -0.3 is 10.8 Å². The quantitative estimate of drug-likeness (QED) is 0.472. The summed E-state index contributed by atoms with van der Waals surface area (Å²) >= 11 is 0. The number of hydrogen-bond donors (Lipinski definition) is 2. The van der Waals surface area contributed by atoms with Crippen molar-refractivity contribution in [2.45, 2.75) is 6.92 Å². The molecule has 3 N–H and O–H groups in total. The SMILES string of the molecule is C[C](CO)C(N)=O. The van der Waals surface area contributed by atoms with Crippen molar-refractivity contribution in [3.8, 4) is 0 Å². The fraction of sp³-hybridized carbons (Fsp3) is 0.500. The van der Waals surface area contributed by atoms with Crippen molar-refractivity contribution >= 4 is 5.91 Å². The van der Waals surface area contributed by atoms with Gasteiger partial charge in [-0.1, -0.05) is 0 Å². The van der Waals surface area contributed by atoms with Crippen LogP contribution in [-0.2, 0) is 4.79 Å². The Hall–Kier alpha value is -0.570. The molecule has 0 atom stereocenters. The molecule has 3 heteroatoms. The number of carbonyl (C=O) groups excluding carboxylic acids is 1. The second-order valence-corrected chi connectivity index (χ2v) is 1.30. The summed E-state index contributed by atoms with van der Waals surface area (Å²) in [6.07, 6.45) is 0. The van der Waals surface area contributed by atoms with Gasteiger partial charge in [0.15, 0.2) is 0 Å². The van der Waals surface area contributed by atoms with E-state index in [4.69, 9.17) is 10.8 Å². The molecule has 0 aliphatic carbocycles. The lowest BCUT2D eigenvalue weighted by atomic mass is 10.2. The van der Waals surface area contributed by atoms with Crippen LogP contribution in [-0.4, -0.2) is 17.6 Å². The zero-order valence-electron chi connectivity index (χ0n) is 4.14. The molecule has 0 fully saturated rings. The number of aliphatic hydroxyl groups excluding tert-OH is 1. The van der Waals surface area contributed by atoms with Crippen molar-refractivity contribution in [3.05, 3.63) is 5.92 Å². The molecule has 0 saturated carbocycles. The highest BCUT2D eigenvalue weighted by Gasteiger charge is 2.05. The molecule has 0 rings (SSSR count). The standard InChI is InChI=1S/C4H8NO2/c1-3(2-6)4(5)7/h6H,2H2,1H3,(H2,5,7). The summed E-state index contributed by atoms with van der Waals surface area (Å²) in [5, 5.41) is 8.17. The molecule has 1 amide bonds. The molecule has 0 aromatic carbocycles. The molecular weight excluding hydrogens is 94.0 g/mol. The summed E-state index contributed by atoms with van der Waals surface area (Å²) in [6, 6.07) is 0. The summed E-state index contributed by atoms with van der Waals surface area (Å²) in [7, 11) is 0. The molecule has 0 unspecified atom stereocenters.